The minimum atomic E-state index is -0.0482. The average molecular weight is 433 g/mol. The Kier molecular flexibility index (Phi) is 6.37. The van der Waals surface area contributed by atoms with Crippen LogP contribution < -0.4 is 10.1 Å². The normalized spacial score (nSPS) is 17.2. The molecule has 1 fully saturated rings. The van der Waals surface area contributed by atoms with Crippen molar-refractivity contribution in [2.75, 3.05) is 19.7 Å². The van der Waals surface area contributed by atoms with Gasteiger partial charge in [-0.25, -0.2) is 0 Å². The summed E-state index contributed by atoms with van der Waals surface area (Å²) in [6.07, 6.45) is 1.79. The van der Waals surface area contributed by atoms with Crippen LogP contribution in [0.4, 0.5) is 0 Å². The van der Waals surface area contributed by atoms with Gasteiger partial charge in [-0.15, -0.1) is 0 Å². The number of nitrogens with one attached hydrogen (secondary N) is 1. The Balaban J connectivity index is 1.55. The minimum absolute atomic E-state index is 0.00683. The van der Waals surface area contributed by atoms with E-state index < -0.39 is 0 Å². The van der Waals surface area contributed by atoms with E-state index in [9.17, 15) is 9.59 Å². The van der Waals surface area contributed by atoms with Gasteiger partial charge in [-0.05, 0) is 47.9 Å². The Morgan fingerprint density at radius 3 is 2.74 bits per heavy atom. The molecule has 1 saturated heterocycles. The maximum atomic E-state index is 12.5. The van der Waals surface area contributed by atoms with Gasteiger partial charge in [-0.3, -0.25) is 9.59 Å². The zero-order valence-electron chi connectivity index (χ0n) is 15.7. The molecular weight excluding hydrogens is 408 g/mol. The van der Waals surface area contributed by atoms with Crippen molar-refractivity contribution in [3.63, 3.8) is 0 Å². The molecule has 0 aromatic heterocycles. The number of hydrogen-bond acceptors (Lipinski definition) is 3. The van der Waals surface area contributed by atoms with Gasteiger partial charge >= 0.3 is 0 Å². The lowest BCUT2D eigenvalue weighted by Gasteiger charge is -2.33. The number of halogens is 1. The first-order chi connectivity index (χ1) is 12.9. The number of likely N-dealkylation sites (tertiary alicyclic amines) is 1. The molecule has 1 unspecified atom stereocenters. The quantitative estimate of drug-likeness (QED) is 0.782. The highest BCUT2D eigenvalue weighted by Crippen LogP contribution is 2.24. The zero-order valence-corrected chi connectivity index (χ0v) is 17.3. The predicted octanol–water partition coefficient (Wildman–Crippen LogP) is 3.74. The van der Waals surface area contributed by atoms with Crippen molar-refractivity contribution in [1.29, 1.82) is 0 Å². The van der Waals surface area contributed by atoms with Crippen molar-refractivity contribution in [3.8, 4) is 5.75 Å². The predicted molar refractivity (Wildman–Crippen MR) is 110 cm³/mol. The van der Waals surface area contributed by atoms with Crippen LogP contribution in [0.15, 0.2) is 40.9 Å². The van der Waals surface area contributed by atoms with Crippen molar-refractivity contribution in [1.82, 2.24) is 10.2 Å². The van der Waals surface area contributed by atoms with Crippen LogP contribution >= 0.6 is 15.9 Å². The van der Waals surface area contributed by atoms with Crippen molar-refractivity contribution in [2.45, 2.75) is 32.7 Å². The fraction of sp³-hybridized carbons (Fsp3) is 0.429. The molecule has 0 radical (unpaired) electrons. The molecule has 2 aromatic rings. The lowest BCUT2D eigenvalue weighted by Crippen LogP contribution is -2.51. The molecule has 1 aliphatic heterocycles. The number of carbonyl (C=O) groups is 2. The van der Waals surface area contributed by atoms with E-state index in [1.165, 1.54) is 0 Å². The van der Waals surface area contributed by atoms with Crippen LogP contribution in [-0.2, 0) is 9.59 Å². The van der Waals surface area contributed by atoms with E-state index in [0.717, 1.165) is 28.1 Å². The number of piperidine rings is 1. The fourth-order valence-corrected chi connectivity index (χ4v) is 3.59. The number of hydrogen-bond donors (Lipinski definition) is 1. The lowest BCUT2D eigenvalue weighted by molar-refractivity contribution is -0.135. The molecule has 1 aliphatic rings. The third kappa shape index (κ3) is 5.22. The summed E-state index contributed by atoms with van der Waals surface area (Å²) in [6, 6.07) is 11.9. The van der Waals surface area contributed by atoms with Gasteiger partial charge in [0.15, 0.2) is 6.61 Å². The second kappa shape index (κ2) is 8.74. The van der Waals surface area contributed by atoms with Crippen LogP contribution in [0, 0.1) is 5.92 Å². The third-order valence-electron chi connectivity index (χ3n) is 4.78. The van der Waals surface area contributed by atoms with Gasteiger partial charge < -0.3 is 15.0 Å². The van der Waals surface area contributed by atoms with Crippen molar-refractivity contribution < 1.29 is 14.3 Å². The van der Waals surface area contributed by atoms with Crippen molar-refractivity contribution >= 4 is 38.5 Å². The topological polar surface area (TPSA) is 58.6 Å². The summed E-state index contributed by atoms with van der Waals surface area (Å²) < 4.78 is 6.75. The molecule has 2 amide bonds. The summed E-state index contributed by atoms with van der Waals surface area (Å²) in [5.41, 5.74) is 0. The molecule has 144 valence electrons. The summed E-state index contributed by atoms with van der Waals surface area (Å²) in [5.74, 6) is 0.621. The van der Waals surface area contributed by atoms with Crippen LogP contribution in [0.2, 0.25) is 0 Å². The van der Waals surface area contributed by atoms with Gasteiger partial charge in [0.1, 0.15) is 5.75 Å². The molecule has 0 bridgehead atoms. The zero-order chi connectivity index (χ0) is 19.4. The van der Waals surface area contributed by atoms with E-state index >= 15 is 0 Å². The second-order valence-corrected chi connectivity index (χ2v) is 8.20. The van der Waals surface area contributed by atoms with Gasteiger partial charge in [0.05, 0.1) is 0 Å². The van der Waals surface area contributed by atoms with E-state index in [1.54, 1.807) is 4.90 Å². The van der Waals surface area contributed by atoms with E-state index in [0.29, 0.717) is 18.8 Å². The van der Waals surface area contributed by atoms with Gasteiger partial charge in [0.2, 0.25) is 5.91 Å². The Hall–Kier alpha value is -2.08. The number of benzene rings is 2. The van der Waals surface area contributed by atoms with E-state index in [1.807, 2.05) is 50.2 Å². The van der Waals surface area contributed by atoms with Gasteiger partial charge in [0.25, 0.3) is 5.91 Å². The lowest BCUT2D eigenvalue weighted by atomic mass is 10.0. The Labute approximate surface area is 168 Å². The number of ether oxygens (including phenoxy) is 1. The molecule has 0 aliphatic carbocycles. The highest BCUT2D eigenvalue weighted by molar-refractivity contribution is 9.10. The van der Waals surface area contributed by atoms with E-state index in [2.05, 4.69) is 21.2 Å². The number of fused-ring (bicyclic) bond motifs is 1. The second-order valence-electron chi connectivity index (χ2n) is 7.28. The molecule has 2 aromatic carbocycles. The van der Waals surface area contributed by atoms with E-state index in [4.69, 9.17) is 4.74 Å². The van der Waals surface area contributed by atoms with Gasteiger partial charge in [-0.1, -0.05) is 41.9 Å². The summed E-state index contributed by atoms with van der Waals surface area (Å²) in [6.45, 7) is 5.01. The van der Waals surface area contributed by atoms with Crippen LogP contribution in [0.5, 0.6) is 5.75 Å². The SMILES string of the molecule is CC(C)C(=O)NC1CCCN(C(=O)COc2ccc3cc(Br)ccc3c2)C1. The molecule has 5 nitrogen and oxygen atoms in total. The third-order valence-corrected chi connectivity index (χ3v) is 5.27. The fourth-order valence-electron chi connectivity index (χ4n) is 3.21. The number of amides is 2. The molecule has 6 heteroatoms. The molecular formula is C21H25BrN2O3. The Morgan fingerprint density at radius 2 is 1.96 bits per heavy atom. The standard InChI is InChI=1S/C21H25BrN2O3/c1-14(2)21(26)23-18-4-3-9-24(12-18)20(25)13-27-19-8-6-15-10-17(22)7-5-16(15)11-19/h5-8,10-11,14,18H,3-4,9,12-13H2,1-2H3,(H,23,26). The summed E-state index contributed by atoms with van der Waals surface area (Å²) >= 11 is 3.46. The molecule has 1 N–H and O–H groups in total. The molecule has 1 atom stereocenters. The number of carbonyl (C=O) groups excluding carboxylic acids is 2. The van der Waals surface area contributed by atoms with E-state index in [-0.39, 0.29) is 30.4 Å². The molecule has 0 spiro atoms. The summed E-state index contributed by atoms with van der Waals surface area (Å²) in [5, 5.41) is 5.21. The molecule has 0 saturated carbocycles. The largest absolute Gasteiger partial charge is 0.484 e. The average Bonchev–Trinajstić information content (AvgIpc) is 2.66. The molecule has 1 heterocycles. The van der Waals surface area contributed by atoms with Gasteiger partial charge in [0, 0.05) is 29.5 Å². The highest BCUT2D eigenvalue weighted by atomic mass is 79.9. The van der Waals surface area contributed by atoms with Crippen LogP contribution in [0.1, 0.15) is 26.7 Å². The van der Waals surface area contributed by atoms with Crippen LogP contribution in [0.3, 0.4) is 0 Å². The smallest absolute Gasteiger partial charge is 0.260 e. The Bertz CT molecular complexity index is 837. The summed E-state index contributed by atoms with van der Waals surface area (Å²) in [4.78, 5) is 26.2. The minimum Gasteiger partial charge on any atom is -0.484 e. The maximum absolute atomic E-state index is 12.5. The van der Waals surface area contributed by atoms with Crippen LogP contribution in [-0.4, -0.2) is 42.5 Å². The molecule has 3 rings (SSSR count). The maximum Gasteiger partial charge on any atom is 0.260 e. The monoisotopic (exact) mass is 432 g/mol. The summed E-state index contributed by atoms with van der Waals surface area (Å²) in [7, 11) is 0. The Morgan fingerprint density at radius 1 is 1.22 bits per heavy atom. The molecule has 27 heavy (non-hydrogen) atoms. The highest BCUT2D eigenvalue weighted by Gasteiger charge is 2.25. The first kappa shape index (κ1) is 19.7. The first-order valence-corrected chi connectivity index (χ1v) is 10.1. The van der Waals surface area contributed by atoms with Crippen LogP contribution in [0.25, 0.3) is 10.8 Å². The number of nitrogens with zero attached hydrogens (tertiary/aromatic N) is 1. The van der Waals surface area contributed by atoms with Gasteiger partial charge in [-0.2, -0.15) is 0 Å². The first-order valence-electron chi connectivity index (χ1n) is 9.32. The van der Waals surface area contributed by atoms with Crippen molar-refractivity contribution in [2.24, 2.45) is 5.92 Å². The van der Waals surface area contributed by atoms with Crippen molar-refractivity contribution in [3.05, 3.63) is 40.9 Å². The number of rotatable bonds is 5.